The zero-order valence-corrected chi connectivity index (χ0v) is 12.9. The summed E-state index contributed by atoms with van der Waals surface area (Å²) in [4.78, 5) is 29.2. The van der Waals surface area contributed by atoms with E-state index in [1.165, 1.54) is 13.8 Å². The molecule has 6 heteroatoms. The quantitative estimate of drug-likeness (QED) is 0.804. The van der Waals surface area contributed by atoms with Crippen LogP contribution >= 0.6 is 0 Å². The van der Waals surface area contributed by atoms with Gasteiger partial charge in [0.05, 0.1) is 6.10 Å². The molecule has 1 N–H and O–H groups in total. The summed E-state index contributed by atoms with van der Waals surface area (Å²) in [7, 11) is 0. The number of aliphatic carboxylic acids is 1. The molecule has 20 heavy (non-hydrogen) atoms. The van der Waals surface area contributed by atoms with Gasteiger partial charge in [0.2, 0.25) is 0 Å². The highest BCUT2D eigenvalue weighted by Crippen LogP contribution is 2.27. The van der Waals surface area contributed by atoms with Crippen LogP contribution in [0.4, 0.5) is 4.79 Å². The molecule has 0 aliphatic heterocycles. The van der Waals surface area contributed by atoms with Crippen molar-refractivity contribution in [2.45, 2.75) is 77.5 Å². The van der Waals surface area contributed by atoms with Crippen LogP contribution in [-0.2, 0) is 14.4 Å². The molecular weight excluding hydrogens is 262 g/mol. The van der Waals surface area contributed by atoms with Crippen molar-refractivity contribution in [2.75, 3.05) is 0 Å². The molecule has 0 aromatic heterocycles. The van der Waals surface area contributed by atoms with Crippen LogP contribution in [0, 0.1) is 0 Å². The number of amides is 1. The predicted molar refractivity (Wildman–Crippen MR) is 73.1 cm³/mol. The van der Waals surface area contributed by atoms with Crippen molar-refractivity contribution < 1.29 is 24.3 Å². The maximum Gasteiger partial charge on any atom is 0.435 e. The Hall–Kier alpha value is -1.30. The fourth-order valence-corrected chi connectivity index (χ4v) is 1.94. The van der Waals surface area contributed by atoms with Gasteiger partial charge in [0.25, 0.3) is 0 Å². The lowest BCUT2D eigenvalue weighted by Gasteiger charge is -2.36. The molecule has 0 bridgehead atoms. The SMILES string of the molecule is CC(C)(C)OC(=O)N(OC1CCCC1)C(C)(C)C(=O)O. The molecule has 0 aromatic rings. The molecular formula is C14H25NO5. The number of carbonyl (C=O) groups excluding carboxylic acids is 1. The number of carbonyl (C=O) groups is 2. The van der Waals surface area contributed by atoms with Gasteiger partial charge in [0, 0.05) is 0 Å². The first-order chi connectivity index (χ1) is 9.04. The van der Waals surface area contributed by atoms with Crippen LogP contribution < -0.4 is 0 Å². The van der Waals surface area contributed by atoms with E-state index in [4.69, 9.17) is 9.57 Å². The number of carboxylic acids is 1. The largest absolute Gasteiger partial charge is 0.479 e. The van der Waals surface area contributed by atoms with Crippen molar-refractivity contribution in [3.63, 3.8) is 0 Å². The van der Waals surface area contributed by atoms with E-state index < -0.39 is 23.2 Å². The maximum atomic E-state index is 12.2. The molecule has 1 aliphatic rings. The summed E-state index contributed by atoms with van der Waals surface area (Å²) < 4.78 is 5.25. The van der Waals surface area contributed by atoms with Crippen LogP contribution in [0.15, 0.2) is 0 Å². The zero-order chi connectivity index (χ0) is 15.6. The molecule has 1 amide bonds. The topological polar surface area (TPSA) is 76.1 Å². The second kappa shape index (κ2) is 5.99. The fraction of sp³-hybridized carbons (Fsp3) is 0.857. The highest BCUT2D eigenvalue weighted by molar-refractivity contribution is 5.82. The van der Waals surface area contributed by atoms with E-state index in [0.717, 1.165) is 30.7 Å². The second-order valence-corrected chi connectivity index (χ2v) is 6.65. The molecule has 0 unspecified atom stereocenters. The van der Waals surface area contributed by atoms with Crippen molar-refractivity contribution in [1.29, 1.82) is 0 Å². The van der Waals surface area contributed by atoms with Gasteiger partial charge in [-0.05, 0) is 47.5 Å². The Morgan fingerprint density at radius 1 is 1.10 bits per heavy atom. The summed E-state index contributed by atoms with van der Waals surface area (Å²) in [6.07, 6.45) is 2.82. The predicted octanol–water partition coefficient (Wildman–Crippen LogP) is 2.96. The number of nitrogens with zero attached hydrogens (tertiary/aromatic N) is 1. The van der Waals surface area contributed by atoms with E-state index in [1.807, 2.05) is 0 Å². The second-order valence-electron chi connectivity index (χ2n) is 6.65. The molecule has 0 spiro atoms. The highest BCUT2D eigenvalue weighted by atomic mass is 16.7. The van der Waals surface area contributed by atoms with E-state index >= 15 is 0 Å². The van der Waals surface area contributed by atoms with E-state index in [1.54, 1.807) is 20.8 Å². The molecule has 6 nitrogen and oxygen atoms in total. The highest BCUT2D eigenvalue weighted by Gasteiger charge is 2.43. The molecule has 116 valence electrons. The summed E-state index contributed by atoms with van der Waals surface area (Å²) in [5.74, 6) is -1.14. The number of ether oxygens (including phenoxy) is 1. The minimum absolute atomic E-state index is 0.124. The molecule has 0 saturated heterocycles. The Bertz CT molecular complexity index is 366. The first-order valence-electron chi connectivity index (χ1n) is 6.97. The number of hydroxylamine groups is 2. The molecule has 1 aliphatic carbocycles. The van der Waals surface area contributed by atoms with Gasteiger partial charge in [0.1, 0.15) is 5.60 Å². The van der Waals surface area contributed by atoms with Gasteiger partial charge in [0.15, 0.2) is 5.54 Å². The summed E-state index contributed by atoms with van der Waals surface area (Å²) in [5.41, 5.74) is -2.19. The number of hydrogen-bond acceptors (Lipinski definition) is 4. The average Bonchev–Trinajstić information content (AvgIpc) is 2.75. The third kappa shape index (κ3) is 4.37. The van der Waals surface area contributed by atoms with Crippen LogP contribution in [0.2, 0.25) is 0 Å². The summed E-state index contributed by atoms with van der Waals surface area (Å²) in [6.45, 7) is 8.04. The van der Waals surface area contributed by atoms with E-state index in [0.29, 0.717) is 0 Å². The molecule has 0 heterocycles. The first kappa shape index (κ1) is 16.8. The molecule has 1 fully saturated rings. The fourth-order valence-electron chi connectivity index (χ4n) is 1.94. The lowest BCUT2D eigenvalue weighted by molar-refractivity contribution is -0.228. The first-order valence-corrected chi connectivity index (χ1v) is 6.97. The van der Waals surface area contributed by atoms with Gasteiger partial charge < -0.3 is 9.84 Å². The van der Waals surface area contributed by atoms with Crippen LogP contribution in [0.25, 0.3) is 0 Å². The van der Waals surface area contributed by atoms with Gasteiger partial charge in [-0.25, -0.2) is 9.59 Å². The van der Waals surface area contributed by atoms with Gasteiger partial charge in [-0.3, -0.25) is 4.84 Å². The van der Waals surface area contributed by atoms with Gasteiger partial charge in [-0.1, -0.05) is 12.8 Å². The third-order valence-corrected chi connectivity index (χ3v) is 3.15. The Balaban J connectivity index is 2.88. The number of carboxylic acid groups (broad SMARTS) is 1. The monoisotopic (exact) mass is 287 g/mol. The van der Waals surface area contributed by atoms with E-state index in [-0.39, 0.29) is 6.10 Å². The molecule has 1 saturated carbocycles. The van der Waals surface area contributed by atoms with E-state index in [9.17, 15) is 14.7 Å². The van der Waals surface area contributed by atoms with Crippen molar-refractivity contribution in [3.8, 4) is 0 Å². The molecule has 0 atom stereocenters. The Morgan fingerprint density at radius 3 is 2.00 bits per heavy atom. The van der Waals surface area contributed by atoms with Gasteiger partial charge in [-0.15, -0.1) is 0 Å². The number of rotatable bonds is 4. The normalized spacial score (nSPS) is 17.1. The smallest absolute Gasteiger partial charge is 0.435 e. The number of hydrogen-bond donors (Lipinski definition) is 1. The van der Waals surface area contributed by atoms with E-state index in [2.05, 4.69) is 0 Å². The summed E-state index contributed by atoms with van der Waals surface area (Å²) >= 11 is 0. The molecule has 0 radical (unpaired) electrons. The van der Waals surface area contributed by atoms with Crippen molar-refractivity contribution in [2.24, 2.45) is 0 Å². The Labute approximate surface area is 120 Å². The maximum absolute atomic E-state index is 12.2. The summed E-state index contributed by atoms with van der Waals surface area (Å²) in [6, 6.07) is 0. The van der Waals surface area contributed by atoms with Crippen molar-refractivity contribution >= 4 is 12.1 Å². The zero-order valence-electron chi connectivity index (χ0n) is 12.9. The van der Waals surface area contributed by atoms with Crippen LogP contribution in [-0.4, -0.2) is 39.5 Å². The lowest BCUT2D eigenvalue weighted by Crippen LogP contribution is -2.55. The van der Waals surface area contributed by atoms with Crippen LogP contribution in [0.1, 0.15) is 60.3 Å². The summed E-state index contributed by atoms with van der Waals surface area (Å²) in [5, 5.41) is 10.2. The van der Waals surface area contributed by atoms with Crippen LogP contribution in [0.5, 0.6) is 0 Å². The Morgan fingerprint density at radius 2 is 1.60 bits per heavy atom. The minimum atomic E-state index is -1.48. The average molecular weight is 287 g/mol. The van der Waals surface area contributed by atoms with Crippen molar-refractivity contribution in [1.82, 2.24) is 5.06 Å². The Kier molecular flexibility index (Phi) is 5.02. The third-order valence-electron chi connectivity index (χ3n) is 3.15. The minimum Gasteiger partial charge on any atom is -0.479 e. The lowest BCUT2D eigenvalue weighted by atomic mass is 10.1. The molecule has 1 rings (SSSR count). The van der Waals surface area contributed by atoms with Crippen LogP contribution in [0.3, 0.4) is 0 Å². The van der Waals surface area contributed by atoms with Crippen molar-refractivity contribution in [3.05, 3.63) is 0 Å². The standard InChI is InChI=1S/C14H25NO5/c1-13(2,3)19-12(18)15(14(4,5)11(16)17)20-10-8-6-7-9-10/h10H,6-9H2,1-5H3,(H,16,17). The molecule has 0 aromatic carbocycles. The van der Waals surface area contributed by atoms with Gasteiger partial charge in [-0.2, -0.15) is 5.06 Å². The van der Waals surface area contributed by atoms with Gasteiger partial charge >= 0.3 is 12.1 Å².